The maximum Gasteiger partial charge on any atom is 0.286 e. The van der Waals surface area contributed by atoms with E-state index in [-0.39, 0.29) is 5.91 Å². The molecular weight excluding hydrogens is 340 g/mol. The van der Waals surface area contributed by atoms with Gasteiger partial charge in [0.15, 0.2) is 5.17 Å². The second-order valence-electron chi connectivity index (χ2n) is 5.27. The van der Waals surface area contributed by atoms with Crippen LogP contribution in [0.4, 0.5) is 5.69 Å². The van der Waals surface area contributed by atoms with E-state index in [1.54, 1.807) is 12.1 Å². The molecule has 1 heterocycles. The summed E-state index contributed by atoms with van der Waals surface area (Å²) >= 11 is 7.29. The molecule has 0 aliphatic carbocycles. The van der Waals surface area contributed by atoms with E-state index in [2.05, 4.69) is 10.3 Å². The molecule has 2 aromatic rings. The third-order valence-electron chi connectivity index (χ3n) is 3.25. The summed E-state index contributed by atoms with van der Waals surface area (Å²) in [7, 11) is 0. The first-order valence-electron chi connectivity index (χ1n) is 7.39. The largest absolute Gasteiger partial charge is 0.334 e. The lowest BCUT2D eigenvalue weighted by molar-refractivity contribution is -0.113. The van der Waals surface area contributed by atoms with Gasteiger partial charge in [-0.25, -0.2) is 0 Å². The minimum Gasteiger partial charge on any atom is -0.334 e. The van der Waals surface area contributed by atoms with Crippen molar-refractivity contribution in [2.24, 2.45) is 4.99 Å². The van der Waals surface area contributed by atoms with E-state index in [9.17, 15) is 4.79 Å². The number of amides is 1. The SMILES string of the molecule is CC(=Cc1ccccc1)C=C1SC(Nc2cccc(Cl)c2)=NC1=O. The third kappa shape index (κ3) is 4.37. The molecular formula is C19H15ClN2OS. The van der Waals surface area contributed by atoms with Gasteiger partial charge in [0.2, 0.25) is 0 Å². The summed E-state index contributed by atoms with van der Waals surface area (Å²) in [6.07, 6.45) is 3.89. The lowest BCUT2D eigenvalue weighted by Gasteiger charge is -2.04. The molecule has 0 fully saturated rings. The second-order valence-corrected chi connectivity index (χ2v) is 6.73. The fourth-order valence-corrected chi connectivity index (χ4v) is 3.29. The van der Waals surface area contributed by atoms with Crippen LogP contribution in [-0.4, -0.2) is 11.1 Å². The molecule has 1 aliphatic heterocycles. The fourth-order valence-electron chi connectivity index (χ4n) is 2.21. The summed E-state index contributed by atoms with van der Waals surface area (Å²) < 4.78 is 0. The van der Waals surface area contributed by atoms with Crippen LogP contribution in [0.1, 0.15) is 12.5 Å². The van der Waals surface area contributed by atoms with Crippen molar-refractivity contribution in [1.82, 2.24) is 0 Å². The van der Waals surface area contributed by atoms with Gasteiger partial charge >= 0.3 is 0 Å². The zero-order chi connectivity index (χ0) is 16.9. The number of rotatable bonds is 3. The fraction of sp³-hybridized carbons (Fsp3) is 0.0526. The van der Waals surface area contributed by atoms with Gasteiger partial charge in [0.25, 0.3) is 5.91 Å². The number of nitrogens with one attached hydrogen (secondary N) is 1. The van der Waals surface area contributed by atoms with E-state index >= 15 is 0 Å². The highest BCUT2D eigenvalue weighted by Crippen LogP contribution is 2.29. The van der Waals surface area contributed by atoms with Gasteiger partial charge < -0.3 is 5.32 Å². The number of carbonyl (C=O) groups is 1. The van der Waals surface area contributed by atoms with Crippen molar-refractivity contribution in [3.05, 3.63) is 81.7 Å². The maximum atomic E-state index is 12.1. The average molecular weight is 355 g/mol. The molecule has 0 unspecified atom stereocenters. The van der Waals surface area contributed by atoms with Gasteiger partial charge in [0.05, 0.1) is 4.91 Å². The molecule has 120 valence electrons. The van der Waals surface area contributed by atoms with Crippen molar-refractivity contribution in [1.29, 1.82) is 0 Å². The van der Waals surface area contributed by atoms with Crippen molar-refractivity contribution in [2.45, 2.75) is 6.92 Å². The molecule has 1 N–H and O–H groups in total. The van der Waals surface area contributed by atoms with Crippen LogP contribution in [0.5, 0.6) is 0 Å². The second kappa shape index (κ2) is 7.51. The number of aliphatic imine (C=N–C) groups is 1. The predicted octanol–water partition coefficient (Wildman–Crippen LogP) is 5.37. The number of thioether (sulfide) groups is 1. The topological polar surface area (TPSA) is 41.5 Å². The van der Waals surface area contributed by atoms with Crippen molar-refractivity contribution in [2.75, 3.05) is 5.32 Å². The molecule has 3 nitrogen and oxygen atoms in total. The van der Waals surface area contributed by atoms with Crippen molar-refractivity contribution in [3.63, 3.8) is 0 Å². The van der Waals surface area contributed by atoms with Crippen LogP contribution >= 0.6 is 23.4 Å². The minimum atomic E-state index is -0.231. The molecule has 24 heavy (non-hydrogen) atoms. The Kier molecular flexibility index (Phi) is 5.18. The van der Waals surface area contributed by atoms with Gasteiger partial charge in [-0.3, -0.25) is 4.79 Å². The van der Waals surface area contributed by atoms with Gasteiger partial charge in [-0.15, -0.1) is 0 Å². The highest BCUT2D eigenvalue weighted by atomic mass is 35.5. The molecule has 0 spiro atoms. The minimum absolute atomic E-state index is 0.231. The van der Waals surface area contributed by atoms with Crippen LogP contribution in [0.15, 0.2) is 76.1 Å². The number of hydrogen-bond acceptors (Lipinski definition) is 3. The molecule has 0 saturated heterocycles. The number of carbonyl (C=O) groups excluding carboxylic acids is 1. The van der Waals surface area contributed by atoms with Crippen LogP contribution in [0.2, 0.25) is 5.02 Å². The van der Waals surface area contributed by atoms with Crippen LogP contribution in [0.3, 0.4) is 0 Å². The van der Waals surface area contributed by atoms with Gasteiger partial charge in [-0.2, -0.15) is 4.99 Å². The first-order valence-corrected chi connectivity index (χ1v) is 8.58. The molecule has 2 aromatic carbocycles. The first kappa shape index (κ1) is 16.6. The summed E-state index contributed by atoms with van der Waals surface area (Å²) in [5, 5.41) is 4.30. The van der Waals surface area contributed by atoms with Gasteiger partial charge in [-0.05, 0) is 54.1 Å². The Morgan fingerprint density at radius 3 is 2.71 bits per heavy atom. The summed E-state index contributed by atoms with van der Waals surface area (Å²) in [4.78, 5) is 16.7. The van der Waals surface area contributed by atoms with Gasteiger partial charge in [-0.1, -0.05) is 54.1 Å². The maximum absolute atomic E-state index is 12.1. The Labute approximate surface area is 150 Å². The molecule has 5 heteroatoms. The Bertz CT molecular complexity index is 857. The standard InChI is InChI=1S/C19H15ClN2OS/c1-13(10-14-6-3-2-4-7-14)11-17-18(23)22-19(24-17)21-16-9-5-8-15(20)12-16/h2-12H,1H3,(H,21,22,23). The summed E-state index contributed by atoms with van der Waals surface area (Å²) in [5.41, 5.74) is 2.90. The number of allylic oxidation sites excluding steroid dienone is 2. The smallest absolute Gasteiger partial charge is 0.286 e. The van der Waals surface area contributed by atoms with Gasteiger partial charge in [0.1, 0.15) is 0 Å². The molecule has 0 saturated carbocycles. The molecule has 0 atom stereocenters. The van der Waals surface area contributed by atoms with E-state index in [0.717, 1.165) is 16.8 Å². The Balaban J connectivity index is 1.71. The normalized spacial score (nSPS) is 16.4. The summed E-state index contributed by atoms with van der Waals surface area (Å²) in [5.74, 6) is -0.231. The predicted molar refractivity (Wildman–Crippen MR) is 103 cm³/mol. The van der Waals surface area contributed by atoms with Crippen LogP contribution in [0.25, 0.3) is 6.08 Å². The van der Waals surface area contributed by atoms with Crippen molar-refractivity contribution < 1.29 is 4.79 Å². The van der Waals surface area contributed by atoms with Crippen LogP contribution in [0, 0.1) is 0 Å². The Hall–Kier alpha value is -2.30. The third-order valence-corrected chi connectivity index (χ3v) is 4.38. The van der Waals surface area contributed by atoms with Gasteiger partial charge in [0, 0.05) is 10.7 Å². The van der Waals surface area contributed by atoms with E-state index in [1.165, 1.54) is 11.8 Å². The zero-order valence-electron chi connectivity index (χ0n) is 13.0. The summed E-state index contributed by atoms with van der Waals surface area (Å²) in [6.45, 7) is 1.97. The molecule has 1 aliphatic rings. The lowest BCUT2D eigenvalue weighted by atomic mass is 10.1. The van der Waals surface area contributed by atoms with Crippen molar-refractivity contribution >= 4 is 46.2 Å². The van der Waals surface area contributed by atoms with E-state index in [4.69, 9.17) is 11.6 Å². The molecule has 0 aromatic heterocycles. The number of halogens is 1. The highest BCUT2D eigenvalue weighted by molar-refractivity contribution is 8.18. The van der Waals surface area contributed by atoms with E-state index in [0.29, 0.717) is 15.1 Å². The number of amidine groups is 1. The molecule has 0 radical (unpaired) electrons. The average Bonchev–Trinajstić information content (AvgIpc) is 2.87. The van der Waals surface area contributed by atoms with Crippen LogP contribution in [-0.2, 0) is 4.79 Å². The molecule has 0 bridgehead atoms. The number of anilines is 1. The first-order chi connectivity index (χ1) is 11.6. The highest BCUT2D eigenvalue weighted by Gasteiger charge is 2.21. The van der Waals surface area contributed by atoms with E-state index < -0.39 is 0 Å². The zero-order valence-corrected chi connectivity index (χ0v) is 14.6. The monoisotopic (exact) mass is 354 g/mol. The summed E-state index contributed by atoms with van der Waals surface area (Å²) in [6, 6.07) is 17.3. The van der Waals surface area contributed by atoms with E-state index in [1.807, 2.05) is 61.5 Å². The Morgan fingerprint density at radius 1 is 1.17 bits per heavy atom. The van der Waals surface area contributed by atoms with Crippen LogP contribution < -0.4 is 5.32 Å². The van der Waals surface area contributed by atoms with Crippen molar-refractivity contribution in [3.8, 4) is 0 Å². The molecule has 3 rings (SSSR count). The number of benzene rings is 2. The molecule has 1 amide bonds. The number of hydrogen-bond donors (Lipinski definition) is 1. The number of nitrogens with zero attached hydrogens (tertiary/aromatic N) is 1. The quantitative estimate of drug-likeness (QED) is 0.753. The lowest BCUT2D eigenvalue weighted by Crippen LogP contribution is -2.04. The Morgan fingerprint density at radius 2 is 1.96 bits per heavy atom.